The van der Waals surface area contributed by atoms with Crippen LogP contribution in [0.1, 0.15) is 41.4 Å². The van der Waals surface area contributed by atoms with Crippen molar-refractivity contribution in [3.8, 4) is 0 Å². The van der Waals surface area contributed by atoms with E-state index in [0.717, 1.165) is 22.9 Å². The molecule has 118 valence electrons. The maximum absolute atomic E-state index is 12.1. The van der Waals surface area contributed by atoms with Crippen LogP contribution >= 0.6 is 0 Å². The van der Waals surface area contributed by atoms with Crippen molar-refractivity contribution < 1.29 is 19.1 Å². The number of carbonyl (C=O) groups is 2. The van der Waals surface area contributed by atoms with E-state index in [9.17, 15) is 9.59 Å². The molecule has 0 aliphatic heterocycles. The van der Waals surface area contributed by atoms with Crippen molar-refractivity contribution in [2.75, 3.05) is 6.54 Å². The molecule has 0 aliphatic rings. The Morgan fingerprint density at radius 2 is 1.91 bits per heavy atom. The van der Waals surface area contributed by atoms with Crippen molar-refractivity contribution in [3.63, 3.8) is 0 Å². The average Bonchev–Trinajstić information content (AvgIpc) is 2.86. The van der Waals surface area contributed by atoms with E-state index in [4.69, 9.17) is 9.52 Å². The zero-order valence-electron chi connectivity index (χ0n) is 13.1. The monoisotopic (exact) mass is 303 g/mol. The van der Waals surface area contributed by atoms with Crippen molar-refractivity contribution >= 4 is 22.8 Å². The van der Waals surface area contributed by atoms with Gasteiger partial charge in [0.1, 0.15) is 5.58 Å². The second-order valence-corrected chi connectivity index (χ2v) is 5.62. The van der Waals surface area contributed by atoms with Gasteiger partial charge in [-0.15, -0.1) is 0 Å². The first-order valence-electron chi connectivity index (χ1n) is 7.44. The summed E-state index contributed by atoms with van der Waals surface area (Å²) in [6, 6.07) is 5.56. The van der Waals surface area contributed by atoms with E-state index in [-0.39, 0.29) is 18.2 Å². The van der Waals surface area contributed by atoms with Crippen LogP contribution < -0.4 is 5.32 Å². The molecule has 2 N–H and O–H groups in total. The molecule has 0 fully saturated rings. The van der Waals surface area contributed by atoms with Gasteiger partial charge in [0.2, 0.25) is 0 Å². The normalized spacial score (nSPS) is 12.3. The van der Waals surface area contributed by atoms with E-state index in [1.165, 1.54) is 0 Å². The molecular weight excluding hydrogens is 282 g/mol. The van der Waals surface area contributed by atoms with Crippen LogP contribution in [0, 0.1) is 19.8 Å². The maximum atomic E-state index is 12.1. The molecule has 0 saturated heterocycles. The molecule has 1 atom stereocenters. The summed E-state index contributed by atoms with van der Waals surface area (Å²) >= 11 is 0. The van der Waals surface area contributed by atoms with E-state index in [0.29, 0.717) is 12.0 Å². The number of hydrogen-bond acceptors (Lipinski definition) is 3. The van der Waals surface area contributed by atoms with Gasteiger partial charge in [0.05, 0.1) is 5.92 Å². The highest BCUT2D eigenvalue weighted by atomic mass is 16.4. The van der Waals surface area contributed by atoms with Crippen molar-refractivity contribution in [1.29, 1.82) is 0 Å². The number of benzene rings is 1. The van der Waals surface area contributed by atoms with Crippen LogP contribution in [0.2, 0.25) is 0 Å². The molecule has 0 bridgehead atoms. The lowest BCUT2D eigenvalue weighted by Crippen LogP contribution is -2.32. The molecule has 1 unspecified atom stereocenters. The lowest BCUT2D eigenvalue weighted by atomic mass is 10.0. The zero-order chi connectivity index (χ0) is 16.3. The molecule has 0 spiro atoms. The first-order chi connectivity index (χ1) is 10.4. The van der Waals surface area contributed by atoms with E-state index in [2.05, 4.69) is 5.32 Å². The summed E-state index contributed by atoms with van der Waals surface area (Å²) in [4.78, 5) is 23.2. The average molecular weight is 303 g/mol. The Balaban J connectivity index is 2.11. The number of hydrogen-bond donors (Lipinski definition) is 2. The van der Waals surface area contributed by atoms with E-state index >= 15 is 0 Å². The fourth-order valence-corrected chi connectivity index (χ4v) is 2.38. The van der Waals surface area contributed by atoms with Gasteiger partial charge in [0.15, 0.2) is 5.76 Å². The third-order valence-corrected chi connectivity index (χ3v) is 3.85. The SMILES string of the molecule is CCCC(CNC(=O)c1cc2cc(C)c(C)cc2o1)C(=O)O. The Labute approximate surface area is 129 Å². The van der Waals surface area contributed by atoms with Gasteiger partial charge in [-0.05, 0) is 49.6 Å². The van der Waals surface area contributed by atoms with Gasteiger partial charge >= 0.3 is 5.97 Å². The van der Waals surface area contributed by atoms with Crippen LogP contribution in [0.5, 0.6) is 0 Å². The highest BCUT2D eigenvalue weighted by Gasteiger charge is 2.19. The van der Waals surface area contributed by atoms with Gasteiger partial charge in [-0.25, -0.2) is 0 Å². The number of carboxylic acids is 1. The molecule has 2 aromatic rings. The highest BCUT2D eigenvalue weighted by molar-refractivity contribution is 5.96. The van der Waals surface area contributed by atoms with Gasteiger partial charge in [-0.3, -0.25) is 9.59 Å². The summed E-state index contributed by atoms with van der Waals surface area (Å²) < 4.78 is 5.56. The van der Waals surface area contributed by atoms with Crippen molar-refractivity contribution in [2.24, 2.45) is 5.92 Å². The quantitative estimate of drug-likeness (QED) is 0.858. The molecule has 5 nitrogen and oxygen atoms in total. The summed E-state index contributed by atoms with van der Waals surface area (Å²) in [5.41, 5.74) is 2.90. The number of rotatable bonds is 6. The molecule has 22 heavy (non-hydrogen) atoms. The third kappa shape index (κ3) is 3.47. The number of carboxylic acid groups (broad SMARTS) is 1. The summed E-state index contributed by atoms with van der Waals surface area (Å²) in [6.07, 6.45) is 1.30. The molecule has 1 heterocycles. The van der Waals surface area contributed by atoms with Crippen LogP contribution in [-0.4, -0.2) is 23.5 Å². The van der Waals surface area contributed by atoms with Gasteiger partial charge in [0.25, 0.3) is 5.91 Å². The fraction of sp³-hybridized carbons (Fsp3) is 0.412. The smallest absolute Gasteiger partial charge is 0.308 e. The molecule has 1 amide bonds. The van der Waals surface area contributed by atoms with Crippen LogP contribution in [0.25, 0.3) is 11.0 Å². The van der Waals surface area contributed by atoms with Gasteiger partial charge in [-0.1, -0.05) is 13.3 Å². The minimum absolute atomic E-state index is 0.108. The Morgan fingerprint density at radius 1 is 1.23 bits per heavy atom. The van der Waals surface area contributed by atoms with Crippen LogP contribution in [0.3, 0.4) is 0 Å². The topological polar surface area (TPSA) is 79.5 Å². The standard InChI is InChI=1S/C17H21NO4/c1-4-5-12(17(20)21)9-18-16(19)15-8-13-6-10(2)11(3)7-14(13)22-15/h6-8,12H,4-5,9H2,1-3H3,(H,18,19)(H,20,21). The highest BCUT2D eigenvalue weighted by Crippen LogP contribution is 2.23. The predicted octanol–water partition coefficient (Wildman–Crippen LogP) is 3.28. The largest absolute Gasteiger partial charge is 0.481 e. The van der Waals surface area contributed by atoms with Gasteiger partial charge < -0.3 is 14.8 Å². The number of furan rings is 1. The molecular formula is C17H21NO4. The van der Waals surface area contributed by atoms with Crippen molar-refractivity contribution in [3.05, 3.63) is 35.1 Å². The summed E-state index contributed by atoms with van der Waals surface area (Å²) in [7, 11) is 0. The van der Waals surface area contributed by atoms with E-state index in [1.807, 2.05) is 32.9 Å². The lowest BCUT2D eigenvalue weighted by molar-refractivity contribution is -0.141. The second kappa shape index (κ2) is 6.64. The maximum Gasteiger partial charge on any atom is 0.308 e. The number of carbonyl (C=O) groups excluding carboxylic acids is 1. The number of amides is 1. The number of aliphatic carboxylic acids is 1. The van der Waals surface area contributed by atoms with Crippen molar-refractivity contribution in [2.45, 2.75) is 33.6 Å². The Hall–Kier alpha value is -2.30. The summed E-state index contributed by atoms with van der Waals surface area (Å²) in [6.45, 7) is 6.02. The molecule has 5 heteroatoms. The van der Waals surface area contributed by atoms with E-state index < -0.39 is 11.9 Å². The molecule has 0 saturated carbocycles. The fourth-order valence-electron chi connectivity index (χ4n) is 2.38. The van der Waals surface area contributed by atoms with E-state index in [1.54, 1.807) is 6.07 Å². The minimum atomic E-state index is -0.891. The number of fused-ring (bicyclic) bond motifs is 1. The third-order valence-electron chi connectivity index (χ3n) is 3.85. The molecule has 2 rings (SSSR count). The molecule has 0 radical (unpaired) electrons. The van der Waals surface area contributed by atoms with Crippen LogP contribution in [0.4, 0.5) is 0 Å². The lowest BCUT2D eigenvalue weighted by Gasteiger charge is -2.11. The molecule has 0 aliphatic carbocycles. The summed E-state index contributed by atoms with van der Waals surface area (Å²) in [5, 5.41) is 12.6. The van der Waals surface area contributed by atoms with Gasteiger partial charge in [-0.2, -0.15) is 0 Å². The Kier molecular flexibility index (Phi) is 4.85. The van der Waals surface area contributed by atoms with Crippen molar-refractivity contribution in [1.82, 2.24) is 5.32 Å². The predicted molar refractivity (Wildman–Crippen MR) is 84.1 cm³/mol. The molecule has 1 aromatic heterocycles. The first-order valence-corrected chi connectivity index (χ1v) is 7.44. The molecule has 1 aromatic carbocycles. The zero-order valence-corrected chi connectivity index (χ0v) is 13.1. The Bertz CT molecular complexity index is 663. The van der Waals surface area contributed by atoms with Crippen LogP contribution in [-0.2, 0) is 4.79 Å². The summed E-state index contributed by atoms with van der Waals surface area (Å²) in [5.74, 6) is -1.63. The minimum Gasteiger partial charge on any atom is -0.481 e. The Morgan fingerprint density at radius 3 is 2.55 bits per heavy atom. The second-order valence-electron chi connectivity index (χ2n) is 5.62. The number of aryl methyl sites for hydroxylation is 2. The number of nitrogens with one attached hydrogen (secondary N) is 1. The van der Waals surface area contributed by atoms with Gasteiger partial charge in [0, 0.05) is 11.9 Å². The first kappa shape index (κ1) is 16.1. The van der Waals surface area contributed by atoms with Crippen LogP contribution in [0.15, 0.2) is 22.6 Å².